The van der Waals surface area contributed by atoms with Gasteiger partial charge in [-0.05, 0) is 55.0 Å². The quantitative estimate of drug-likeness (QED) is 0.342. The first-order valence-corrected chi connectivity index (χ1v) is 9.43. The lowest BCUT2D eigenvalue weighted by Gasteiger charge is -2.09. The number of carbonyl (C=O) groups is 1. The third-order valence-corrected chi connectivity index (χ3v) is 4.77. The van der Waals surface area contributed by atoms with Gasteiger partial charge in [0.25, 0.3) is 5.91 Å². The van der Waals surface area contributed by atoms with Crippen molar-refractivity contribution in [3.63, 3.8) is 0 Å². The number of benzene rings is 2. The first-order chi connectivity index (χ1) is 14.2. The number of aryl methyl sites for hydroxylation is 1. The third kappa shape index (κ3) is 4.99. The lowest BCUT2D eigenvalue weighted by molar-refractivity contribution is -0.137. The summed E-state index contributed by atoms with van der Waals surface area (Å²) in [5.74, 6) is -0.0526. The molecule has 0 atom stereocenters. The Labute approximate surface area is 178 Å². The highest BCUT2D eigenvalue weighted by Gasteiger charge is 2.30. The highest BCUT2D eigenvalue weighted by atomic mass is 79.9. The number of carbonyl (C=O) groups excluding carboxylic acids is 1. The Morgan fingerprint density at radius 3 is 2.60 bits per heavy atom. The SMILES string of the molecule is Cc1ccc(-c2ccc(/C=C(\C#N)C(=O)Nc3cccc(C(F)(F)F)c3)o2)c(Br)c1. The average Bonchev–Trinajstić information content (AvgIpc) is 3.14. The zero-order chi connectivity index (χ0) is 21.9. The van der Waals surface area contributed by atoms with Gasteiger partial charge in [0.15, 0.2) is 0 Å². The molecule has 0 bridgehead atoms. The molecule has 30 heavy (non-hydrogen) atoms. The van der Waals surface area contributed by atoms with Gasteiger partial charge in [0.05, 0.1) is 5.56 Å². The number of hydrogen-bond donors (Lipinski definition) is 1. The van der Waals surface area contributed by atoms with Crippen molar-refractivity contribution >= 4 is 33.6 Å². The third-order valence-electron chi connectivity index (χ3n) is 4.12. The van der Waals surface area contributed by atoms with E-state index >= 15 is 0 Å². The molecular formula is C22H14BrF3N2O2. The molecule has 3 rings (SSSR count). The van der Waals surface area contributed by atoms with Crippen molar-refractivity contribution in [2.75, 3.05) is 5.32 Å². The van der Waals surface area contributed by atoms with Crippen LogP contribution < -0.4 is 5.32 Å². The highest BCUT2D eigenvalue weighted by Crippen LogP contribution is 2.32. The molecule has 0 aliphatic carbocycles. The number of halogens is 4. The minimum Gasteiger partial charge on any atom is -0.457 e. The van der Waals surface area contributed by atoms with Gasteiger partial charge in [-0.1, -0.05) is 28.1 Å². The maximum Gasteiger partial charge on any atom is 0.416 e. The predicted molar refractivity (Wildman–Crippen MR) is 110 cm³/mol. The van der Waals surface area contributed by atoms with Gasteiger partial charge in [0.2, 0.25) is 0 Å². The van der Waals surface area contributed by atoms with Crippen molar-refractivity contribution in [3.8, 4) is 17.4 Å². The molecule has 3 aromatic rings. The van der Waals surface area contributed by atoms with Gasteiger partial charge in [-0.3, -0.25) is 4.79 Å². The van der Waals surface area contributed by atoms with E-state index in [1.807, 2.05) is 25.1 Å². The van der Waals surface area contributed by atoms with Crippen LogP contribution in [0.3, 0.4) is 0 Å². The highest BCUT2D eigenvalue weighted by molar-refractivity contribution is 9.10. The zero-order valence-electron chi connectivity index (χ0n) is 15.5. The first-order valence-electron chi connectivity index (χ1n) is 8.64. The summed E-state index contributed by atoms with van der Waals surface area (Å²) in [6.07, 6.45) is -3.31. The van der Waals surface area contributed by atoms with Crippen LogP contribution in [0, 0.1) is 18.3 Å². The van der Waals surface area contributed by atoms with E-state index in [4.69, 9.17) is 4.42 Å². The van der Waals surface area contributed by atoms with Gasteiger partial charge in [-0.2, -0.15) is 18.4 Å². The number of rotatable bonds is 4. The van der Waals surface area contributed by atoms with E-state index in [9.17, 15) is 23.2 Å². The fourth-order valence-corrected chi connectivity index (χ4v) is 3.35. The molecule has 1 N–H and O–H groups in total. The second kappa shape index (κ2) is 8.59. The Morgan fingerprint density at radius 1 is 1.17 bits per heavy atom. The standard InChI is InChI=1S/C22H14BrF3N2O2/c1-13-5-7-18(19(23)9-13)20-8-6-17(30-20)10-14(12-27)21(29)28-16-4-2-3-15(11-16)22(24,25)26/h2-11H,1H3,(H,28,29)/b14-10+. The van der Waals surface area contributed by atoms with Crippen LogP contribution in [0.4, 0.5) is 18.9 Å². The number of alkyl halides is 3. The Morgan fingerprint density at radius 2 is 1.93 bits per heavy atom. The molecule has 0 fully saturated rings. The summed E-state index contributed by atoms with van der Waals surface area (Å²) in [5, 5.41) is 11.6. The fourth-order valence-electron chi connectivity index (χ4n) is 2.66. The van der Waals surface area contributed by atoms with E-state index in [2.05, 4.69) is 21.2 Å². The summed E-state index contributed by atoms with van der Waals surface area (Å²) in [7, 11) is 0. The van der Waals surface area contributed by atoms with Crippen molar-refractivity contribution in [3.05, 3.63) is 81.5 Å². The molecule has 0 saturated carbocycles. The summed E-state index contributed by atoms with van der Waals surface area (Å²) in [6, 6.07) is 14.9. The van der Waals surface area contributed by atoms with Crippen LogP contribution in [0.1, 0.15) is 16.9 Å². The van der Waals surface area contributed by atoms with Crippen LogP contribution >= 0.6 is 15.9 Å². The van der Waals surface area contributed by atoms with Crippen molar-refractivity contribution in [1.82, 2.24) is 0 Å². The molecule has 2 aromatic carbocycles. The Balaban J connectivity index is 1.82. The van der Waals surface area contributed by atoms with Gasteiger partial charge in [0, 0.05) is 21.8 Å². The Kier molecular flexibility index (Phi) is 6.13. The molecule has 0 saturated heterocycles. The van der Waals surface area contributed by atoms with Crippen LogP contribution in [0.25, 0.3) is 17.4 Å². The molecule has 0 spiro atoms. The lowest BCUT2D eigenvalue weighted by Crippen LogP contribution is -2.14. The number of anilines is 1. The van der Waals surface area contributed by atoms with Crippen LogP contribution in [0.5, 0.6) is 0 Å². The van der Waals surface area contributed by atoms with Crippen LogP contribution in [-0.2, 0) is 11.0 Å². The largest absolute Gasteiger partial charge is 0.457 e. The van der Waals surface area contributed by atoms with Gasteiger partial charge < -0.3 is 9.73 Å². The maximum absolute atomic E-state index is 12.8. The van der Waals surface area contributed by atoms with E-state index in [0.717, 1.165) is 27.7 Å². The van der Waals surface area contributed by atoms with Crippen LogP contribution in [0.2, 0.25) is 0 Å². The average molecular weight is 475 g/mol. The molecule has 0 unspecified atom stereocenters. The zero-order valence-corrected chi connectivity index (χ0v) is 17.1. The molecule has 0 radical (unpaired) electrons. The molecule has 1 aromatic heterocycles. The minimum absolute atomic E-state index is 0.0697. The summed E-state index contributed by atoms with van der Waals surface area (Å²) in [5.41, 5.74) is 0.584. The Bertz CT molecular complexity index is 1170. The molecule has 8 heteroatoms. The van der Waals surface area contributed by atoms with E-state index in [-0.39, 0.29) is 17.0 Å². The summed E-state index contributed by atoms with van der Waals surface area (Å²) < 4.78 is 45.0. The molecule has 0 aliphatic heterocycles. The maximum atomic E-state index is 12.8. The number of nitriles is 1. The number of hydrogen-bond acceptors (Lipinski definition) is 3. The first kappa shape index (κ1) is 21.4. The second-order valence-electron chi connectivity index (χ2n) is 6.39. The van der Waals surface area contributed by atoms with Gasteiger partial charge >= 0.3 is 6.18 Å². The van der Waals surface area contributed by atoms with Crippen molar-refractivity contribution in [2.24, 2.45) is 0 Å². The summed E-state index contributed by atoms with van der Waals surface area (Å²) in [4.78, 5) is 12.3. The van der Waals surface area contributed by atoms with E-state index in [1.54, 1.807) is 18.2 Å². The topological polar surface area (TPSA) is 66.0 Å². The second-order valence-corrected chi connectivity index (χ2v) is 7.24. The number of amides is 1. The minimum atomic E-state index is -4.54. The van der Waals surface area contributed by atoms with Gasteiger partial charge in [-0.15, -0.1) is 0 Å². The van der Waals surface area contributed by atoms with Crippen LogP contribution in [-0.4, -0.2) is 5.91 Å². The van der Waals surface area contributed by atoms with Crippen molar-refractivity contribution < 1.29 is 22.4 Å². The van der Waals surface area contributed by atoms with Crippen molar-refractivity contribution in [1.29, 1.82) is 5.26 Å². The smallest absolute Gasteiger partial charge is 0.416 e. The summed E-state index contributed by atoms with van der Waals surface area (Å²) in [6.45, 7) is 1.95. The van der Waals surface area contributed by atoms with E-state index in [0.29, 0.717) is 5.76 Å². The number of furan rings is 1. The molecule has 1 amide bonds. The van der Waals surface area contributed by atoms with Crippen LogP contribution in [0.15, 0.2) is 69.1 Å². The van der Waals surface area contributed by atoms with Gasteiger partial charge in [0.1, 0.15) is 23.2 Å². The molecule has 0 aliphatic rings. The molecular weight excluding hydrogens is 461 g/mol. The summed E-state index contributed by atoms with van der Waals surface area (Å²) >= 11 is 3.47. The normalized spacial score (nSPS) is 11.8. The van der Waals surface area contributed by atoms with Gasteiger partial charge in [-0.25, -0.2) is 0 Å². The number of nitrogens with zero attached hydrogens (tertiary/aromatic N) is 1. The van der Waals surface area contributed by atoms with E-state index < -0.39 is 17.6 Å². The lowest BCUT2D eigenvalue weighted by atomic mass is 10.1. The predicted octanol–water partition coefficient (Wildman–Crippen LogP) is 6.58. The fraction of sp³-hybridized carbons (Fsp3) is 0.0909. The molecule has 152 valence electrons. The number of nitrogens with one attached hydrogen (secondary N) is 1. The molecule has 1 heterocycles. The monoisotopic (exact) mass is 474 g/mol. The van der Waals surface area contributed by atoms with Crippen molar-refractivity contribution in [2.45, 2.75) is 13.1 Å². The van der Waals surface area contributed by atoms with E-state index in [1.165, 1.54) is 18.2 Å². The molecule has 4 nitrogen and oxygen atoms in total. The Hall–Kier alpha value is -3.31.